The van der Waals surface area contributed by atoms with E-state index in [1.54, 1.807) is 19.1 Å². The van der Waals surface area contributed by atoms with Gasteiger partial charge in [-0.25, -0.2) is 4.98 Å². The first kappa shape index (κ1) is 13.1. The summed E-state index contributed by atoms with van der Waals surface area (Å²) in [5.41, 5.74) is 0.581. The summed E-state index contributed by atoms with van der Waals surface area (Å²) in [4.78, 5) is 17.0. The van der Waals surface area contributed by atoms with E-state index in [9.17, 15) is 10.1 Å². The van der Waals surface area contributed by atoms with Crippen molar-refractivity contribution in [3.63, 3.8) is 0 Å². The number of thioether (sulfide) groups is 1. The molecule has 0 radical (unpaired) electrons. The molecule has 0 saturated carbocycles. The van der Waals surface area contributed by atoms with Crippen LogP contribution >= 0.6 is 11.8 Å². The third kappa shape index (κ3) is 2.75. The summed E-state index contributed by atoms with van der Waals surface area (Å²) >= 11 is 1.95. The van der Waals surface area contributed by atoms with Gasteiger partial charge in [0.15, 0.2) is 0 Å². The maximum Gasteiger partial charge on any atom is 0.290 e. The van der Waals surface area contributed by atoms with Crippen LogP contribution in [0.3, 0.4) is 0 Å². The molecule has 0 N–H and O–H groups in total. The molecule has 0 bridgehead atoms. The van der Waals surface area contributed by atoms with Crippen LogP contribution in [0.4, 0.5) is 11.5 Å². The van der Waals surface area contributed by atoms with Crippen LogP contribution in [0.25, 0.3) is 0 Å². The molecule has 0 amide bonds. The molecule has 98 valence electrons. The average Bonchev–Trinajstić information content (AvgIpc) is 2.53. The van der Waals surface area contributed by atoms with Gasteiger partial charge in [0.25, 0.3) is 5.69 Å². The molecule has 1 atom stereocenters. The molecule has 6 heteroatoms. The zero-order valence-electron chi connectivity index (χ0n) is 10.6. The van der Waals surface area contributed by atoms with Crippen molar-refractivity contribution in [3.05, 3.63) is 27.9 Å². The van der Waals surface area contributed by atoms with Crippen LogP contribution in [0, 0.1) is 17.0 Å². The predicted octanol–water partition coefficient (Wildman–Crippen LogP) is 2.63. The molecular weight excluding hydrogens is 250 g/mol. The van der Waals surface area contributed by atoms with Crippen LogP contribution in [-0.4, -0.2) is 34.0 Å². The Bertz CT molecular complexity index is 453. The second kappa shape index (κ2) is 5.56. The Balaban J connectivity index is 2.27. The van der Waals surface area contributed by atoms with Gasteiger partial charge in [0.2, 0.25) is 0 Å². The molecule has 0 aliphatic carbocycles. The summed E-state index contributed by atoms with van der Waals surface area (Å²) in [5.74, 6) is 3.11. The van der Waals surface area contributed by atoms with E-state index >= 15 is 0 Å². The van der Waals surface area contributed by atoms with Crippen LogP contribution in [0.1, 0.15) is 19.0 Å². The third-order valence-corrected chi connectivity index (χ3v) is 4.22. The van der Waals surface area contributed by atoms with Gasteiger partial charge in [0, 0.05) is 24.4 Å². The largest absolute Gasteiger partial charge is 0.353 e. The van der Waals surface area contributed by atoms with Crippen LogP contribution < -0.4 is 4.90 Å². The Kier molecular flexibility index (Phi) is 4.06. The Morgan fingerprint density at radius 3 is 2.94 bits per heavy atom. The summed E-state index contributed by atoms with van der Waals surface area (Å²) in [5, 5.41) is 10.8. The summed E-state index contributed by atoms with van der Waals surface area (Å²) < 4.78 is 0. The second-order valence-electron chi connectivity index (χ2n) is 4.47. The van der Waals surface area contributed by atoms with E-state index in [0.717, 1.165) is 24.5 Å². The zero-order valence-corrected chi connectivity index (χ0v) is 11.4. The SMILES string of the molecule is Cc1nc(N2CCSCCC2C)ccc1[N+](=O)[O-]. The van der Waals surface area contributed by atoms with E-state index in [1.165, 1.54) is 5.75 Å². The maximum absolute atomic E-state index is 10.8. The smallest absolute Gasteiger partial charge is 0.290 e. The lowest BCUT2D eigenvalue weighted by Crippen LogP contribution is -2.34. The molecule has 0 spiro atoms. The Labute approximate surface area is 111 Å². The van der Waals surface area contributed by atoms with Crippen molar-refractivity contribution in [3.8, 4) is 0 Å². The highest BCUT2D eigenvalue weighted by Gasteiger charge is 2.20. The molecule has 18 heavy (non-hydrogen) atoms. The first-order valence-electron chi connectivity index (χ1n) is 6.06. The summed E-state index contributed by atoms with van der Waals surface area (Å²) in [7, 11) is 0. The minimum Gasteiger partial charge on any atom is -0.353 e. The summed E-state index contributed by atoms with van der Waals surface area (Å²) in [6.45, 7) is 4.83. The molecule has 1 saturated heterocycles. The van der Waals surface area contributed by atoms with Gasteiger partial charge in [-0.2, -0.15) is 11.8 Å². The average molecular weight is 267 g/mol. The normalized spacial score (nSPS) is 20.6. The fraction of sp³-hybridized carbons (Fsp3) is 0.583. The lowest BCUT2D eigenvalue weighted by molar-refractivity contribution is -0.385. The van der Waals surface area contributed by atoms with Crippen molar-refractivity contribution in [2.24, 2.45) is 0 Å². The van der Waals surface area contributed by atoms with Crippen molar-refractivity contribution < 1.29 is 4.92 Å². The Morgan fingerprint density at radius 2 is 2.28 bits per heavy atom. The van der Waals surface area contributed by atoms with Gasteiger partial charge in [0.1, 0.15) is 11.5 Å². The number of nitro groups is 1. The number of hydrogen-bond donors (Lipinski definition) is 0. The van der Waals surface area contributed by atoms with Gasteiger partial charge in [-0.05, 0) is 32.1 Å². The van der Waals surface area contributed by atoms with E-state index in [-0.39, 0.29) is 10.6 Å². The first-order chi connectivity index (χ1) is 8.59. The highest BCUT2D eigenvalue weighted by Crippen LogP contribution is 2.25. The van der Waals surface area contributed by atoms with Gasteiger partial charge in [-0.3, -0.25) is 10.1 Å². The van der Waals surface area contributed by atoms with Crippen LogP contribution in [-0.2, 0) is 0 Å². The standard InChI is InChI=1S/C12H17N3O2S/c1-9-5-7-18-8-6-14(9)12-4-3-11(15(16)17)10(2)13-12/h3-4,9H,5-8H2,1-2H3. The van der Waals surface area contributed by atoms with Crippen LogP contribution in [0.2, 0.25) is 0 Å². The second-order valence-corrected chi connectivity index (χ2v) is 5.70. The number of aryl methyl sites for hydroxylation is 1. The molecule has 1 aliphatic heterocycles. The monoisotopic (exact) mass is 267 g/mol. The molecule has 1 aromatic rings. The number of rotatable bonds is 2. The van der Waals surface area contributed by atoms with E-state index < -0.39 is 0 Å². The Morgan fingerprint density at radius 1 is 1.50 bits per heavy atom. The number of pyridine rings is 1. The lowest BCUT2D eigenvalue weighted by Gasteiger charge is -2.28. The van der Waals surface area contributed by atoms with E-state index in [0.29, 0.717) is 11.7 Å². The van der Waals surface area contributed by atoms with E-state index in [4.69, 9.17) is 0 Å². The highest BCUT2D eigenvalue weighted by atomic mass is 32.2. The topological polar surface area (TPSA) is 59.3 Å². The number of hydrogen-bond acceptors (Lipinski definition) is 5. The molecule has 1 fully saturated rings. The van der Waals surface area contributed by atoms with Crippen molar-refractivity contribution in [1.82, 2.24) is 4.98 Å². The Hall–Kier alpha value is -1.30. The lowest BCUT2D eigenvalue weighted by atomic mass is 10.2. The van der Waals surface area contributed by atoms with E-state index in [2.05, 4.69) is 16.8 Å². The van der Waals surface area contributed by atoms with Gasteiger partial charge < -0.3 is 4.90 Å². The predicted molar refractivity (Wildman–Crippen MR) is 74.4 cm³/mol. The molecule has 1 aromatic heterocycles. The highest BCUT2D eigenvalue weighted by molar-refractivity contribution is 7.99. The first-order valence-corrected chi connectivity index (χ1v) is 7.21. The van der Waals surface area contributed by atoms with Crippen LogP contribution in [0.5, 0.6) is 0 Å². The molecule has 2 heterocycles. The van der Waals surface area contributed by atoms with Crippen molar-refractivity contribution in [1.29, 1.82) is 0 Å². The summed E-state index contributed by atoms with van der Waals surface area (Å²) in [6.07, 6.45) is 1.13. The third-order valence-electron chi connectivity index (χ3n) is 3.22. The molecule has 5 nitrogen and oxygen atoms in total. The van der Waals surface area contributed by atoms with Crippen LogP contribution in [0.15, 0.2) is 12.1 Å². The molecule has 1 unspecified atom stereocenters. The zero-order chi connectivity index (χ0) is 13.1. The maximum atomic E-state index is 10.8. The van der Waals surface area contributed by atoms with Gasteiger partial charge in [0.05, 0.1) is 4.92 Å². The van der Waals surface area contributed by atoms with Gasteiger partial charge in [-0.1, -0.05) is 0 Å². The number of nitrogens with zero attached hydrogens (tertiary/aromatic N) is 3. The van der Waals surface area contributed by atoms with Crippen molar-refractivity contribution in [2.45, 2.75) is 26.3 Å². The van der Waals surface area contributed by atoms with Gasteiger partial charge in [-0.15, -0.1) is 0 Å². The fourth-order valence-corrected chi connectivity index (χ4v) is 3.17. The molecule has 2 rings (SSSR count). The molecule has 0 aromatic carbocycles. The fourth-order valence-electron chi connectivity index (χ4n) is 2.13. The number of aromatic nitrogens is 1. The molecular formula is C12H17N3O2S. The number of anilines is 1. The van der Waals surface area contributed by atoms with Crippen molar-refractivity contribution in [2.75, 3.05) is 23.0 Å². The van der Waals surface area contributed by atoms with Gasteiger partial charge >= 0.3 is 0 Å². The van der Waals surface area contributed by atoms with E-state index in [1.807, 2.05) is 11.8 Å². The quantitative estimate of drug-likeness (QED) is 0.609. The molecule has 1 aliphatic rings. The minimum atomic E-state index is -0.381. The van der Waals surface area contributed by atoms with Crippen molar-refractivity contribution >= 4 is 23.3 Å². The minimum absolute atomic E-state index is 0.0931. The summed E-state index contributed by atoms with van der Waals surface area (Å²) in [6, 6.07) is 3.76.